The fourth-order valence-electron chi connectivity index (χ4n) is 4.76. The molecule has 5 rings (SSSR count). The highest BCUT2D eigenvalue weighted by atomic mass is 32.2. The molecule has 12 heteroatoms. The van der Waals surface area contributed by atoms with E-state index >= 15 is 0 Å². The number of amides is 1. The van der Waals surface area contributed by atoms with Crippen LogP contribution < -0.4 is 19.1 Å². The minimum atomic E-state index is -4.05. The van der Waals surface area contributed by atoms with E-state index < -0.39 is 32.1 Å². The monoisotopic (exact) mass is 649 g/mol. The third-order valence-electron chi connectivity index (χ3n) is 7.34. The van der Waals surface area contributed by atoms with Crippen molar-refractivity contribution in [2.75, 3.05) is 36.5 Å². The number of carbonyl (C=O) groups is 1. The Morgan fingerprint density at radius 1 is 0.778 bits per heavy atom. The Morgan fingerprint density at radius 2 is 1.33 bits per heavy atom. The zero-order valence-corrected chi connectivity index (χ0v) is 26.6. The van der Waals surface area contributed by atoms with Gasteiger partial charge in [0.2, 0.25) is 15.9 Å². The Hall–Kier alpha value is -4.23. The van der Waals surface area contributed by atoms with Gasteiger partial charge in [0.25, 0.3) is 0 Å². The van der Waals surface area contributed by atoms with E-state index in [1.165, 1.54) is 36.4 Å². The highest BCUT2D eigenvalue weighted by molar-refractivity contribution is 7.89. The van der Waals surface area contributed by atoms with Crippen LogP contribution in [-0.4, -0.2) is 55.1 Å². The highest BCUT2D eigenvalue weighted by Crippen LogP contribution is 2.22. The lowest BCUT2D eigenvalue weighted by Crippen LogP contribution is -2.45. The second kappa shape index (κ2) is 13.8. The zero-order valence-electron chi connectivity index (χ0n) is 25.0. The predicted molar refractivity (Wildman–Crippen MR) is 173 cm³/mol. The van der Waals surface area contributed by atoms with Gasteiger partial charge < -0.3 is 19.1 Å². The van der Waals surface area contributed by atoms with E-state index in [-0.39, 0.29) is 22.0 Å². The molecule has 1 unspecified atom stereocenters. The number of nitrogens with zero attached hydrogens (tertiary/aromatic N) is 1. The van der Waals surface area contributed by atoms with Crippen LogP contribution in [-0.2, 0) is 36.1 Å². The van der Waals surface area contributed by atoms with Gasteiger partial charge in [0.05, 0.1) is 18.1 Å². The molecule has 1 atom stereocenters. The summed E-state index contributed by atoms with van der Waals surface area (Å²) in [5, 5.41) is 2.83. The van der Waals surface area contributed by atoms with E-state index in [2.05, 4.69) is 14.9 Å². The van der Waals surface area contributed by atoms with E-state index in [1.807, 2.05) is 26.0 Å². The summed E-state index contributed by atoms with van der Waals surface area (Å²) >= 11 is 0. The Labute approximate surface area is 264 Å². The van der Waals surface area contributed by atoms with Crippen LogP contribution in [0.25, 0.3) is 0 Å². The van der Waals surface area contributed by atoms with Crippen LogP contribution in [0.5, 0.6) is 5.75 Å². The molecule has 0 bridgehead atoms. The molecule has 1 aliphatic rings. The summed E-state index contributed by atoms with van der Waals surface area (Å²) in [4.78, 5) is 15.8. The first-order chi connectivity index (χ1) is 21.5. The van der Waals surface area contributed by atoms with Crippen molar-refractivity contribution in [3.05, 3.63) is 114 Å². The number of ether oxygens (including phenoxy) is 1. The SMILES string of the molecule is Cc1ccc(S(=O)(=O)NC(Cc2ccc(OS(=O)(=O)c3ccc(C)cc3)cc2)C(=O)Nc2ccc(N3CCOCC3)cc2)cc1. The molecule has 0 saturated carbocycles. The van der Waals surface area contributed by atoms with Crippen LogP contribution >= 0.6 is 0 Å². The van der Waals surface area contributed by atoms with Gasteiger partial charge in [-0.15, -0.1) is 0 Å². The maximum atomic E-state index is 13.5. The second-order valence-corrected chi connectivity index (χ2v) is 14.1. The van der Waals surface area contributed by atoms with Crippen LogP contribution in [0.2, 0.25) is 0 Å². The van der Waals surface area contributed by atoms with E-state index in [4.69, 9.17) is 8.92 Å². The zero-order chi connectivity index (χ0) is 32.0. The van der Waals surface area contributed by atoms with Crippen molar-refractivity contribution in [3.63, 3.8) is 0 Å². The fourth-order valence-corrected chi connectivity index (χ4v) is 6.89. The number of aryl methyl sites for hydroxylation is 2. The summed E-state index contributed by atoms with van der Waals surface area (Å²) in [6, 6.07) is 24.9. The number of hydrogen-bond acceptors (Lipinski definition) is 8. The number of sulfonamides is 1. The molecule has 1 saturated heterocycles. The van der Waals surface area contributed by atoms with E-state index in [0.717, 1.165) is 29.9 Å². The maximum Gasteiger partial charge on any atom is 0.339 e. The smallest absolute Gasteiger partial charge is 0.339 e. The Balaban J connectivity index is 1.33. The summed E-state index contributed by atoms with van der Waals surface area (Å²) in [6.45, 7) is 6.55. The lowest BCUT2D eigenvalue weighted by molar-refractivity contribution is -0.117. The molecule has 0 aromatic heterocycles. The Bertz CT molecular complexity index is 1820. The molecular weight excluding hydrogens is 615 g/mol. The van der Waals surface area contributed by atoms with Gasteiger partial charge in [-0.2, -0.15) is 13.1 Å². The first-order valence-electron chi connectivity index (χ1n) is 14.4. The van der Waals surface area contributed by atoms with Crippen LogP contribution in [0.1, 0.15) is 16.7 Å². The standard InChI is InChI=1S/C33H35N3O7S2/c1-24-3-15-30(16-4-24)44(38,39)35-32(33(37)34-27-9-11-28(12-10-27)36-19-21-42-22-20-36)23-26-7-13-29(14-8-26)43-45(40,41)31-17-5-25(2)6-18-31/h3-18,32,35H,19-23H2,1-2H3,(H,34,37). The lowest BCUT2D eigenvalue weighted by Gasteiger charge is -2.29. The summed E-state index contributed by atoms with van der Waals surface area (Å²) < 4.78 is 65.2. The average molecular weight is 650 g/mol. The third kappa shape index (κ3) is 8.49. The minimum absolute atomic E-state index is 0.00617. The molecule has 0 spiro atoms. The molecule has 4 aromatic rings. The van der Waals surface area contributed by atoms with Crippen molar-refractivity contribution in [2.45, 2.75) is 36.1 Å². The summed E-state index contributed by atoms with van der Waals surface area (Å²) in [5.74, 6) is -0.465. The largest absolute Gasteiger partial charge is 0.379 e. The molecule has 0 radical (unpaired) electrons. The van der Waals surface area contributed by atoms with Crippen LogP contribution in [0.4, 0.5) is 11.4 Å². The first kappa shape index (κ1) is 32.2. The number of anilines is 2. The predicted octanol–water partition coefficient (Wildman–Crippen LogP) is 4.44. The van der Waals surface area contributed by atoms with Gasteiger partial charge in [-0.05, 0) is 86.5 Å². The number of carbonyl (C=O) groups excluding carboxylic acids is 1. The van der Waals surface area contributed by atoms with E-state index in [9.17, 15) is 21.6 Å². The number of benzene rings is 4. The van der Waals surface area contributed by atoms with Gasteiger partial charge in [-0.1, -0.05) is 47.5 Å². The normalized spacial score (nSPS) is 14.5. The molecule has 1 heterocycles. The van der Waals surface area contributed by atoms with Crippen molar-refractivity contribution in [1.29, 1.82) is 0 Å². The molecule has 0 aliphatic carbocycles. The lowest BCUT2D eigenvalue weighted by atomic mass is 10.1. The van der Waals surface area contributed by atoms with Gasteiger partial charge in [-0.25, -0.2) is 8.42 Å². The van der Waals surface area contributed by atoms with Gasteiger partial charge >= 0.3 is 10.1 Å². The molecule has 45 heavy (non-hydrogen) atoms. The van der Waals surface area contributed by atoms with Crippen molar-refractivity contribution in [3.8, 4) is 5.75 Å². The molecule has 1 fully saturated rings. The second-order valence-electron chi connectivity index (χ2n) is 10.8. The van der Waals surface area contributed by atoms with Gasteiger partial charge in [0, 0.05) is 24.5 Å². The molecule has 236 valence electrons. The highest BCUT2D eigenvalue weighted by Gasteiger charge is 2.27. The van der Waals surface area contributed by atoms with Crippen molar-refractivity contribution < 1.29 is 30.6 Å². The van der Waals surface area contributed by atoms with Crippen molar-refractivity contribution in [2.24, 2.45) is 0 Å². The quantitative estimate of drug-likeness (QED) is 0.228. The summed E-state index contributed by atoms with van der Waals surface area (Å²) in [5.41, 5.74) is 3.92. The van der Waals surface area contributed by atoms with Crippen LogP contribution in [0, 0.1) is 13.8 Å². The summed E-state index contributed by atoms with van der Waals surface area (Å²) in [6.07, 6.45) is -0.00617. The van der Waals surface area contributed by atoms with Crippen molar-refractivity contribution >= 4 is 37.4 Å². The molecule has 4 aromatic carbocycles. The molecule has 2 N–H and O–H groups in total. The van der Waals surface area contributed by atoms with Gasteiger partial charge in [0.1, 0.15) is 16.7 Å². The van der Waals surface area contributed by atoms with Crippen LogP contribution in [0.15, 0.2) is 107 Å². The maximum absolute atomic E-state index is 13.5. The number of morpholine rings is 1. The molecular formula is C33H35N3O7S2. The number of nitrogens with one attached hydrogen (secondary N) is 2. The topological polar surface area (TPSA) is 131 Å². The Morgan fingerprint density at radius 3 is 1.91 bits per heavy atom. The van der Waals surface area contributed by atoms with E-state index in [1.54, 1.807) is 48.5 Å². The summed E-state index contributed by atoms with van der Waals surface area (Å²) in [7, 11) is -8.10. The average Bonchev–Trinajstić information content (AvgIpc) is 3.02. The minimum Gasteiger partial charge on any atom is -0.379 e. The van der Waals surface area contributed by atoms with Gasteiger partial charge in [0.15, 0.2) is 0 Å². The van der Waals surface area contributed by atoms with E-state index in [0.29, 0.717) is 24.5 Å². The molecule has 10 nitrogen and oxygen atoms in total. The molecule has 1 amide bonds. The van der Waals surface area contributed by atoms with Gasteiger partial charge in [-0.3, -0.25) is 4.79 Å². The number of rotatable bonds is 11. The third-order valence-corrected chi connectivity index (χ3v) is 10.1. The number of hydrogen-bond donors (Lipinski definition) is 2. The van der Waals surface area contributed by atoms with Crippen molar-refractivity contribution in [1.82, 2.24) is 4.72 Å². The Kier molecular flexibility index (Phi) is 9.88. The fraction of sp³-hybridized carbons (Fsp3) is 0.242. The van der Waals surface area contributed by atoms with Crippen LogP contribution in [0.3, 0.4) is 0 Å². The first-order valence-corrected chi connectivity index (χ1v) is 17.3. The molecule has 1 aliphatic heterocycles.